The smallest absolute Gasteiger partial charge is 0.262 e. The molecule has 0 spiro atoms. The van der Waals surface area contributed by atoms with Crippen LogP contribution in [0.1, 0.15) is 13.8 Å². The highest BCUT2D eigenvalue weighted by Crippen LogP contribution is 2.14. The first-order chi connectivity index (χ1) is 10.6. The number of benzene rings is 2. The Bertz CT molecular complexity index is 580. The third-order valence-corrected chi connectivity index (χ3v) is 3.00. The van der Waals surface area contributed by atoms with Crippen molar-refractivity contribution in [1.82, 2.24) is 0 Å². The summed E-state index contributed by atoms with van der Waals surface area (Å²) < 4.78 is 5.40. The fourth-order valence-electron chi connectivity index (χ4n) is 1.86. The largest absolute Gasteiger partial charge is 0.484 e. The number of para-hydroxylation sites is 1. The summed E-state index contributed by atoms with van der Waals surface area (Å²) in [7, 11) is 0. The molecule has 0 fully saturated rings. The molecule has 2 rings (SSSR count). The Morgan fingerprint density at radius 2 is 1.64 bits per heavy atom. The molecule has 2 aromatic carbocycles. The normalized spacial score (nSPS) is 10.3. The van der Waals surface area contributed by atoms with Crippen molar-refractivity contribution in [2.24, 2.45) is 5.92 Å². The van der Waals surface area contributed by atoms with E-state index in [1.54, 1.807) is 0 Å². The molecule has 1 amide bonds. The summed E-state index contributed by atoms with van der Waals surface area (Å²) in [6.07, 6.45) is 0. The molecular weight excluding hydrogens is 276 g/mol. The monoisotopic (exact) mass is 298 g/mol. The number of carbonyl (C=O) groups excluding carboxylic acids is 1. The van der Waals surface area contributed by atoms with Crippen molar-refractivity contribution in [3.05, 3.63) is 54.6 Å². The summed E-state index contributed by atoms with van der Waals surface area (Å²) in [5, 5.41) is 6.15. The number of rotatable bonds is 7. The van der Waals surface area contributed by atoms with Gasteiger partial charge in [-0.15, -0.1) is 0 Å². The SMILES string of the molecule is CC(C)CNc1ccc(NC(=O)COc2ccccc2)cc1. The molecule has 0 saturated carbocycles. The van der Waals surface area contributed by atoms with Gasteiger partial charge in [-0.3, -0.25) is 4.79 Å². The Morgan fingerprint density at radius 1 is 1.00 bits per heavy atom. The number of carbonyl (C=O) groups is 1. The number of anilines is 2. The van der Waals surface area contributed by atoms with Gasteiger partial charge in [0.25, 0.3) is 5.91 Å². The molecule has 2 aromatic rings. The molecule has 2 N–H and O–H groups in total. The van der Waals surface area contributed by atoms with E-state index in [-0.39, 0.29) is 12.5 Å². The topological polar surface area (TPSA) is 50.4 Å². The number of hydrogen-bond acceptors (Lipinski definition) is 3. The Kier molecular flexibility index (Phi) is 5.83. The van der Waals surface area contributed by atoms with E-state index in [0.29, 0.717) is 11.7 Å². The van der Waals surface area contributed by atoms with Gasteiger partial charge >= 0.3 is 0 Å². The van der Waals surface area contributed by atoms with Gasteiger partial charge in [0.1, 0.15) is 5.75 Å². The molecule has 0 aromatic heterocycles. The van der Waals surface area contributed by atoms with Crippen LogP contribution in [0, 0.1) is 5.92 Å². The minimum atomic E-state index is -0.174. The Hall–Kier alpha value is -2.49. The van der Waals surface area contributed by atoms with E-state index >= 15 is 0 Å². The van der Waals surface area contributed by atoms with Gasteiger partial charge in [-0.2, -0.15) is 0 Å². The second kappa shape index (κ2) is 8.08. The summed E-state index contributed by atoms with van der Waals surface area (Å²) in [6, 6.07) is 17.0. The predicted octanol–water partition coefficient (Wildman–Crippen LogP) is 3.77. The second-order valence-corrected chi connectivity index (χ2v) is 5.50. The molecule has 0 atom stereocenters. The number of ether oxygens (including phenoxy) is 1. The van der Waals surface area contributed by atoms with Gasteiger partial charge < -0.3 is 15.4 Å². The minimum Gasteiger partial charge on any atom is -0.484 e. The molecular formula is C18H22N2O2. The van der Waals surface area contributed by atoms with Gasteiger partial charge in [0.15, 0.2) is 6.61 Å². The van der Waals surface area contributed by atoms with Crippen LogP contribution >= 0.6 is 0 Å². The highest BCUT2D eigenvalue weighted by Gasteiger charge is 2.04. The predicted molar refractivity (Wildman–Crippen MR) is 90.3 cm³/mol. The number of amides is 1. The molecule has 116 valence electrons. The van der Waals surface area contributed by atoms with Crippen LogP contribution in [0.2, 0.25) is 0 Å². The first-order valence-corrected chi connectivity index (χ1v) is 7.45. The van der Waals surface area contributed by atoms with Gasteiger partial charge in [0.2, 0.25) is 0 Å². The lowest BCUT2D eigenvalue weighted by Gasteiger charge is -2.10. The number of hydrogen-bond donors (Lipinski definition) is 2. The lowest BCUT2D eigenvalue weighted by molar-refractivity contribution is -0.118. The number of nitrogens with one attached hydrogen (secondary N) is 2. The fraction of sp³-hybridized carbons (Fsp3) is 0.278. The molecule has 0 aliphatic rings. The van der Waals surface area contributed by atoms with E-state index in [2.05, 4.69) is 24.5 Å². The van der Waals surface area contributed by atoms with Crippen LogP contribution < -0.4 is 15.4 Å². The molecule has 0 unspecified atom stereocenters. The van der Waals surface area contributed by atoms with E-state index in [9.17, 15) is 4.79 Å². The Balaban J connectivity index is 1.79. The zero-order valence-electron chi connectivity index (χ0n) is 13.0. The van der Waals surface area contributed by atoms with Crippen LogP contribution in [-0.4, -0.2) is 19.1 Å². The maximum Gasteiger partial charge on any atom is 0.262 e. The van der Waals surface area contributed by atoms with Crippen LogP contribution in [0.25, 0.3) is 0 Å². The lowest BCUT2D eigenvalue weighted by Crippen LogP contribution is -2.20. The van der Waals surface area contributed by atoms with Crippen LogP contribution in [0.15, 0.2) is 54.6 Å². The van der Waals surface area contributed by atoms with E-state index < -0.39 is 0 Å². The van der Waals surface area contributed by atoms with Crippen molar-refractivity contribution in [1.29, 1.82) is 0 Å². The van der Waals surface area contributed by atoms with Crippen LogP contribution in [0.5, 0.6) is 5.75 Å². The third kappa shape index (κ3) is 5.48. The maximum atomic E-state index is 11.8. The lowest BCUT2D eigenvalue weighted by atomic mass is 10.2. The molecule has 4 heteroatoms. The van der Waals surface area contributed by atoms with Crippen molar-refractivity contribution in [2.75, 3.05) is 23.8 Å². The standard InChI is InChI=1S/C18H22N2O2/c1-14(2)12-19-15-8-10-16(11-9-15)20-18(21)13-22-17-6-4-3-5-7-17/h3-11,14,19H,12-13H2,1-2H3,(H,20,21). The fourth-order valence-corrected chi connectivity index (χ4v) is 1.86. The van der Waals surface area contributed by atoms with E-state index in [1.807, 2.05) is 54.6 Å². The highest BCUT2D eigenvalue weighted by molar-refractivity contribution is 5.92. The van der Waals surface area contributed by atoms with Crippen molar-refractivity contribution in [3.63, 3.8) is 0 Å². The average Bonchev–Trinajstić information content (AvgIpc) is 2.53. The molecule has 4 nitrogen and oxygen atoms in total. The van der Waals surface area contributed by atoms with Crippen molar-refractivity contribution < 1.29 is 9.53 Å². The van der Waals surface area contributed by atoms with Gasteiger partial charge in [-0.25, -0.2) is 0 Å². The highest BCUT2D eigenvalue weighted by atomic mass is 16.5. The first-order valence-electron chi connectivity index (χ1n) is 7.45. The maximum absolute atomic E-state index is 11.8. The summed E-state index contributed by atoms with van der Waals surface area (Å²) >= 11 is 0. The zero-order chi connectivity index (χ0) is 15.8. The average molecular weight is 298 g/mol. The van der Waals surface area contributed by atoms with Crippen molar-refractivity contribution in [2.45, 2.75) is 13.8 Å². The van der Waals surface area contributed by atoms with Crippen LogP contribution in [-0.2, 0) is 4.79 Å². The summed E-state index contributed by atoms with van der Waals surface area (Å²) in [5.41, 5.74) is 1.81. The first kappa shape index (κ1) is 15.9. The Labute approximate surface area is 131 Å². The van der Waals surface area contributed by atoms with E-state index in [1.165, 1.54) is 0 Å². The summed E-state index contributed by atoms with van der Waals surface area (Å²) in [6.45, 7) is 5.25. The van der Waals surface area contributed by atoms with Gasteiger partial charge in [0.05, 0.1) is 0 Å². The molecule has 0 saturated heterocycles. The van der Waals surface area contributed by atoms with Crippen LogP contribution in [0.3, 0.4) is 0 Å². The van der Waals surface area contributed by atoms with Crippen molar-refractivity contribution >= 4 is 17.3 Å². The Morgan fingerprint density at radius 3 is 2.27 bits per heavy atom. The second-order valence-electron chi connectivity index (χ2n) is 5.50. The molecule has 0 radical (unpaired) electrons. The third-order valence-electron chi connectivity index (χ3n) is 3.00. The molecule has 0 aliphatic carbocycles. The van der Waals surface area contributed by atoms with Crippen LogP contribution in [0.4, 0.5) is 11.4 Å². The summed E-state index contributed by atoms with van der Waals surface area (Å²) in [5.74, 6) is 1.10. The quantitative estimate of drug-likeness (QED) is 0.818. The van der Waals surface area contributed by atoms with Gasteiger partial charge in [0, 0.05) is 17.9 Å². The van der Waals surface area contributed by atoms with Gasteiger partial charge in [-0.1, -0.05) is 32.0 Å². The van der Waals surface area contributed by atoms with Gasteiger partial charge in [-0.05, 0) is 42.3 Å². The molecule has 0 aliphatic heterocycles. The molecule has 22 heavy (non-hydrogen) atoms. The molecule has 0 heterocycles. The van der Waals surface area contributed by atoms with Crippen molar-refractivity contribution in [3.8, 4) is 5.75 Å². The van der Waals surface area contributed by atoms with E-state index in [0.717, 1.165) is 17.9 Å². The summed E-state index contributed by atoms with van der Waals surface area (Å²) in [4.78, 5) is 11.8. The minimum absolute atomic E-state index is 0.00261. The zero-order valence-corrected chi connectivity index (χ0v) is 13.0. The molecule has 0 bridgehead atoms. The van der Waals surface area contributed by atoms with E-state index in [4.69, 9.17) is 4.74 Å².